The van der Waals surface area contributed by atoms with Crippen LogP contribution in [0.25, 0.3) is 10.2 Å². The first-order chi connectivity index (χ1) is 12.8. The highest BCUT2D eigenvalue weighted by atomic mass is 35.5. The molecule has 0 bridgehead atoms. The Labute approximate surface area is 161 Å². The van der Waals surface area contributed by atoms with Crippen molar-refractivity contribution in [3.05, 3.63) is 63.4 Å². The SMILES string of the molecule is COCCn1c(=NC(=O)c2cc(C(F)(F)F)ccc2Cl)sc2ccccc21. The summed E-state index contributed by atoms with van der Waals surface area (Å²) < 4.78 is 46.6. The van der Waals surface area contributed by atoms with Gasteiger partial charge in [0.15, 0.2) is 4.80 Å². The van der Waals surface area contributed by atoms with Crippen molar-refractivity contribution in [3.63, 3.8) is 0 Å². The molecule has 2 aromatic carbocycles. The third-order valence-electron chi connectivity index (χ3n) is 3.83. The molecule has 1 aromatic heterocycles. The molecular weight excluding hydrogens is 401 g/mol. The van der Waals surface area contributed by atoms with Crippen molar-refractivity contribution < 1.29 is 22.7 Å². The van der Waals surface area contributed by atoms with Crippen LogP contribution in [-0.4, -0.2) is 24.2 Å². The maximum absolute atomic E-state index is 12.9. The summed E-state index contributed by atoms with van der Waals surface area (Å²) >= 11 is 7.21. The number of methoxy groups -OCH3 is 1. The molecule has 0 aliphatic carbocycles. The number of hydrogen-bond donors (Lipinski definition) is 0. The van der Waals surface area contributed by atoms with E-state index in [-0.39, 0.29) is 10.6 Å². The topological polar surface area (TPSA) is 43.6 Å². The zero-order valence-electron chi connectivity index (χ0n) is 14.1. The van der Waals surface area contributed by atoms with Crippen molar-refractivity contribution in [1.82, 2.24) is 4.57 Å². The lowest BCUT2D eigenvalue weighted by Crippen LogP contribution is -2.19. The van der Waals surface area contributed by atoms with Crippen LogP contribution in [0.1, 0.15) is 15.9 Å². The number of benzene rings is 2. The Morgan fingerprint density at radius 1 is 1.26 bits per heavy atom. The van der Waals surface area contributed by atoms with E-state index in [1.54, 1.807) is 11.7 Å². The Balaban J connectivity index is 2.10. The summed E-state index contributed by atoms with van der Waals surface area (Å²) in [6.07, 6.45) is -4.57. The molecule has 0 spiro atoms. The van der Waals surface area contributed by atoms with Gasteiger partial charge in [-0.05, 0) is 30.3 Å². The molecule has 0 N–H and O–H groups in total. The fourth-order valence-electron chi connectivity index (χ4n) is 2.52. The first-order valence-corrected chi connectivity index (χ1v) is 9.04. The summed E-state index contributed by atoms with van der Waals surface area (Å²) in [5, 5.41) is -0.0821. The Morgan fingerprint density at radius 3 is 2.70 bits per heavy atom. The van der Waals surface area contributed by atoms with Crippen molar-refractivity contribution in [2.75, 3.05) is 13.7 Å². The molecule has 1 amide bonds. The van der Waals surface area contributed by atoms with Gasteiger partial charge in [-0.2, -0.15) is 18.2 Å². The van der Waals surface area contributed by atoms with Crippen LogP contribution in [-0.2, 0) is 17.5 Å². The summed E-state index contributed by atoms with van der Waals surface area (Å²) in [5.74, 6) is -0.830. The van der Waals surface area contributed by atoms with Gasteiger partial charge < -0.3 is 9.30 Å². The van der Waals surface area contributed by atoms with Gasteiger partial charge >= 0.3 is 6.18 Å². The molecular formula is C18H14ClF3N2O2S. The molecule has 0 unspecified atom stereocenters. The normalized spacial score (nSPS) is 12.7. The van der Waals surface area contributed by atoms with Gasteiger partial charge in [0.1, 0.15) is 0 Å². The van der Waals surface area contributed by atoms with Crippen molar-refractivity contribution in [1.29, 1.82) is 0 Å². The van der Waals surface area contributed by atoms with E-state index in [2.05, 4.69) is 4.99 Å². The van der Waals surface area contributed by atoms with Crippen molar-refractivity contribution in [2.24, 2.45) is 4.99 Å². The molecule has 1 heterocycles. The zero-order valence-corrected chi connectivity index (χ0v) is 15.7. The highest BCUT2D eigenvalue weighted by Gasteiger charge is 2.31. The number of amides is 1. The predicted octanol–water partition coefficient (Wildman–Crippen LogP) is 4.76. The summed E-state index contributed by atoms with van der Waals surface area (Å²) in [6.45, 7) is 0.843. The number of aromatic nitrogens is 1. The number of hydrogen-bond acceptors (Lipinski definition) is 3. The van der Waals surface area contributed by atoms with E-state index in [9.17, 15) is 18.0 Å². The minimum Gasteiger partial charge on any atom is -0.383 e. The molecule has 142 valence electrons. The lowest BCUT2D eigenvalue weighted by molar-refractivity contribution is -0.137. The molecule has 0 radical (unpaired) electrons. The molecule has 0 saturated heterocycles. The molecule has 4 nitrogen and oxygen atoms in total. The molecule has 0 aliphatic heterocycles. The van der Waals surface area contributed by atoms with Crippen LogP contribution >= 0.6 is 22.9 Å². The van der Waals surface area contributed by atoms with Gasteiger partial charge in [0.05, 0.1) is 33.0 Å². The van der Waals surface area contributed by atoms with Crippen LogP contribution in [0.5, 0.6) is 0 Å². The maximum Gasteiger partial charge on any atom is 0.416 e. The molecule has 3 rings (SSSR count). The third kappa shape index (κ3) is 4.23. The van der Waals surface area contributed by atoms with Gasteiger partial charge in [0.25, 0.3) is 5.91 Å². The Morgan fingerprint density at radius 2 is 2.00 bits per heavy atom. The molecule has 3 aromatic rings. The van der Waals surface area contributed by atoms with E-state index in [0.717, 1.165) is 28.4 Å². The third-order valence-corrected chi connectivity index (χ3v) is 5.22. The van der Waals surface area contributed by atoms with E-state index in [4.69, 9.17) is 16.3 Å². The van der Waals surface area contributed by atoms with Crippen LogP contribution < -0.4 is 4.80 Å². The molecule has 0 fully saturated rings. The number of fused-ring (bicyclic) bond motifs is 1. The number of halogens is 4. The van der Waals surface area contributed by atoms with E-state index in [0.29, 0.717) is 18.0 Å². The quantitative estimate of drug-likeness (QED) is 0.617. The highest BCUT2D eigenvalue weighted by Crippen LogP contribution is 2.32. The second-order valence-electron chi connectivity index (χ2n) is 5.61. The van der Waals surface area contributed by atoms with E-state index < -0.39 is 17.6 Å². The standard InChI is InChI=1S/C18H14ClF3N2O2S/c1-26-9-8-24-14-4-2-3-5-15(14)27-17(24)23-16(25)12-10-11(18(20,21)22)6-7-13(12)19/h2-7,10H,8-9H2,1H3. The van der Waals surface area contributed by atoms with Gasteiger partial charge in [-0.25, -0.2) is 0 Å². The van der Waals surface area contributed by atoms with E-state index in [1.807, 2.05) is 24.3 Å². The van der Waals surface area contributed by atoms with Crippen LogP contribution in [0.3, 0.4) is 0 Å². The van der Waals surface area contributed by atoms with Crippen molar-refractivity contribution in [2.45, 2.75) is 12.7 Å². The number of carbonyl (C=O) groups is 1. The minimum atomic E-state index is -4.57. The number of para-hydroxylation sites is 1. The van der Waals surface area contributed by atoms with Gasteiger partial charge in [-0.1, -0.05) is 35.1 Å². The van der Waals surface area contributed by atoms with Crippen LogP contribution in [0.15, 0.2) is 47.5 Å². The number of alkyl halides is 3. The number of ether oxygens (including phenoxy) is 1. The zero-order chi connectivity index (χ0) is 19.6. The lowest BCUT2D eigenvalue weighted by atomic mass is 10.1. The van der Waals surface area contributed by atoms with Crippen molar-refractivity contribution >= 4 is 39.1 Å². The van der Waals surface area contributed by atoms with E-state index >= 15 is 0 Å². The number of carbonyl (C=O) groups excluding carboxylic acids is 1. The molecule has 9 heteroatoms. The van der Waals surface area contributed by atoms with Gasteiger partial charge in [0, 0.05) is 13.7 Å². The molecule has 0 atom stereocenters. The number of thiazole rings is 1. The Bertz CT molecular complexity index is 1060. The fourth-order valence-corrected chi connectivity index (χ4v) is 3.77. The summed E-state index contributed by atoms with van der Waals surface area (Å²) in [4.78, 5) is 17.0. The number of nitrogens with zero attached hydrogens (tertiary/aromatic N) is 2. The first kappa shape index (κ1) is 19.6. The Kier molecular flexibility index (Phi) is 5.69. The molecule has 0 aliphatic rings. The van der Waals surface area contributed by atoms with E-state index in [1.165, 1.54) is 11.3 Å². The molecule has 27 heavy (non-hydrogen) atoms. The first-order valence-electron chi connectivity index (χ1n) is 7.84. The van der Waals surface area contributed by atoms with Crippen LogP contribution in [0.4, 0.5) is 13.2 Å². The smallest absolute Gasteiger partial charge is 0.383 e. The largest absolute Gasteiger partial charge is 0.416 e. The van der Waals surface area contributed by atoms with Crippen LogP contribution in [0, 0.1) is 0 Å². The van der Waals surface area contributed by atoms with Gasteiger partial charge in [-0.15, -0.1) is 0 Å². The average molecular weight is 415 g/mol. The van der Waals surface area contributed by atoms with Gasteiger partial charge in [0.2, 0.25) is 0 Å². The average Bonchev–Trinajstić information content (AvgIpc) is 2.96. The van der Waals surface area contributed by atoms with Crippen LogP contribution in [0.2, 0.25) is 5.02 Å². The second-order valence-corrected chi connectivity index (χ2v) is 7.02. The van der Waals surface area contributed by atoms with Crippen molar-refractivity contribution in [3.8, 4) is 0 Å². The monoisotopic (exact) mass is 414 g/mol. The maximum atomic E-state index is 12.9. The minimum absolute atomic E-state index is 0.0821. The Hall–Kier alpha value is -2.16. The van der Waals surface area contributed by atoms with Gasteiger partial charge in [-0.3, -0.25) is 4.79 Å². The summed E-state index contributed by atoms with van der Waals surface area (Å²) in [6, 6.07) is 10.1. The summed E-state index contributed by atoms with van der Waals surface area (Å²) in [7, 11) is 1.56. The lowest BCUT2D eigenvalue weighted by Gasteiger charge is -2.08. The number of rotatable bonds is 4. The second kappa shape index (κ2) is 7.84. The fraction of sp³-hybridized carbons (Fsp3) is 0.222. The molecule has 0 saturated carbocycles. The highest BCUT2D eigenvalue weighted by molar-refractivity contribution is 7.16. The summed E-state index contributed by atoms with van der Waals surface area (Å²) in [5.41, 5.74) is -0.377. The predicted molar refractivity (Wildman–Crippen MR) is 98.0 cm³/mol.